The maximum absolute atomic E-state index is 11.1. The summed E-state index contributed by atoms with van der Waals surface area (Å²) in [5.41, 5.74) is 0. The number of aliphatic hydroxyl groups excluding tert-OH is 1. The van der Waals surface area contributed by atoms with Crippen LogP contribution in [0, 0.1) is 0 Å². The minimum absolute atomic E-state index is 0.980. The number of aliphatic carboxylic acids is 1. The van der Waals surface area contributed by atoms with E-state index in [4.69, 9.17) is 10.2 Å². The Morgan fingerprint density at radius 3 is 2.26 bits per heavy atom. The quantitative estimate of drug-likeness (QED) is 0.290. The lowest BCUT2D eigenvalue weighted by atomic mass is 10.2. The zero-order valence-corrected chi connectivity index (χ0v) is 8.93. The number of aliphatic hydroxyl groups is 1. The number of hydrogen-bond donors (Lipinski definition) is 2. The van der Waals surface area contributed by atoms with E-state index < -0.39 is 48.7 Å². The molecule has 0 radical (unpaired) electrons. The molecule has 1 fully saturated rings. The van der Waals surface area contributed by atoms with E-state index in [9.17, 15) is 24.0 Å². The van der Waals surface area contributed by atoms with Gasteiger partial charge in [-0.05, 0) is 0 Å². The Morgan fingerprint density at radius 1 is 1.05 bits per heavy atom. The molecule has 104 valence electrons. The molecule has 0 aliphatic carbocycles. The summed E-state index contributed by atoms with van der Waals surface area (Å²) >= 11 is 0. The molecule has 2 unspecified atom stereocenters. The fourth-order valence-electron chi connectivity index (χ4n) is 0.848. The van der Waals surface area contributed by atoms with Gasteiger partial charge in [0.1, 0.15) is 0 Å². The van der Waals surface area contributed by atoms with Crippen LogP contribution in [-0.2, 0) is 43.2 Å². The number of rotatable bonds is 1. The molecule has 19 heavy (non-hydrogen) atoms. The molecule has 0 amide bonds. The Balaban J connectivity index is 2.93. The molecule has 0 bridgehead atoms. The number of carbonyl (C=O) groups excluding carboxylic acids is 4. The monoisotopic (exact) mass is 278 g/mol. The number of carbonyl (C=O) groups is 5. The maximum atomic E-state index is 11.1. The Morgan fingerprint density at radius 2 is 1.68 bits per heavy atom. The lowest BCUT2D eigenvalue weighted by Gasteiger charge is -2.14. The van der Waals surface area contributed by atoms with E-state index in [1.807, 2.05) is 0 Å². The van der Waals surface area contributed by atoms with Crippen molar-refractivity contribution in [2.75, 3.05) is 0 Å². The highest BCUT2D eigenvalue weighted by Crippen LogP contribution is 2.06. The molecule has 0 aromatic rings. The van der Waals surface area contributed by atoms with E-state index in [1.165, 1.54) is 0 Å². The first-order valence-corrected chi connectivity index (χ1v) is 4.55. The van der Waals surface area contributed by atoms with Gasteiger partial charge in [0.2, 0.25) is 0 Å². The standard InChI is InChI=1S/C8H6O11/c9-2-1-3(10)18-19-7(15)6(14)17-8(4(11)12)16-5(2)13/h2,8-9H,1H2,(H,11,12). The van der Waals surface area contributed by atoms with Crippen LogP contribution in [0.5, 0.6) is 0 Å². The molecule has 11 nitrogen and oxygen atoms in total. The van der Waals surface area contributed by atoms with Crippen molar-refractivity contribution in [2.45, 2.75) is 18.8 Å². The second-order valence-electron chi connectivity index (χ2n) is 3.06. The van der Waals surface area contributed by atoms with E-state index in [0.29, 0.717) is 0 Å². The number of cyclic esters (lactones) is 2. The van der Waals surface area contributed by atoms with Crippen LogP contribution in [0.1, 0.15) is 6.42 Å². The van der Waals surface area contributed by atoms with Crippen LogP contribution in [0.2, 0.25) is 0 Å². The summed E-state index contributed by atoms with van der Waals surface area (Å²) in [5, 5.41) is 17.7. The maximum Gasteiger partial charge on any atom is 0.463 e. The highest BCUT2D eigenvalue weighted by molar-refractivity contribution is 6.29. The Hall–Kier alpha value is -2.69. The van der Waals surface area contributed by atoms with Gasteiger partial charge in [0.05, 0.1) is 6.42 Å². The fraction of sp³-hybridized carbons (Fsp3) is 0.375. The summed E-state index contributed by atoms with van der Waals surface area (Å²) in [6.45, 7) is 0. The number of esters is 2. The van der Waals surface area contributed by atoms with Crippen molar-refractivity contribution in [2.24, 2.45) is 0 Å². The Bertz CT molecular complexity index is 438. The highest BCUT2D eigenvalue weighted by Gasteiger charge is 2.35. The zero-order valence-electron chi connectivity index (χ0n) is 8.93. The van der Waals surface area contributed by atoms with E-state index in [0.717, 1.165) is 0 Å². The van der Waals surface area contributed by atoms with Crippen LogP contribution >= 0.6 is 0 Å². The minimum atomic E-state index is -2.48. The van der Waals surface area contributed by atoms with Crippen LogP contribution in [0.25, 0.3) is 0 Å². The van der Waals surface area contributed by atoms with Gasteiger partial charge in [-0.2, -0.15) is 0 Å². The molecule has 2 atom stereocenters. The first-order valence-electron chi connectivity index (χ1n) is 4.55. The first kappa shape index (κ1) is 14.4. The SMILES string of the molecule is O=C1CC(O)C(=O)OC(C(=O)O)OC(=O)C(=O)OO1. The predicted octanol–water partition coefficient (Wildman–Crippen LogP) is -2.75. The molecular weight excluding hydrogens is 272 g/mol. The van der Waals surface area contributed by atoms with Gasteiger partial charge in [-0.3, -0.25) is 0 Å². The molecule has 0 aromatic carbocycles. The van der Waals surface area contributed by atoms with Crippen molar-refractivity contribution >= 4 is 29.8 Å². The van der Waals surface area contributed by atoms with Crippen LogP contribution in [-0.4, -0.2) is 52.5 Å². The van der Waals surface area contributed by atoms with Crippen molar-refractivity contribution in [3.8, 4) is 0 Å². The van der Waals surface area contributed by atoms with Gasteiger partial charge in [-0.25, -0.2) is 33.7 Å². The van der Waals surface area contributed by atoms with Gasteiger partial charge < -0.3 is 19.7 Å². The van der Waals surface area contributed by atoms with Gasteiger partial charge in [0.25, 0.3) is 0 Å². The second kappa shape index (κ2) is 5.77. The minimum Gasteiger partial charge on any atom is -0.476 e. The van der Waals surface area contributed by atoms with E-state index in [-0.39, 0.29) is 0 Å². The molecule has 1 rings (SSSR count). The van der Waals surface area contributed by atoms with Crippen LogP contribution in [0.4, 0.5) is 0 Å². The summed E-state index contributed by atoms with van der Waals surface area (Å²) < 4.78 is 8.03. The Kier molecular flexibility index (Phi) is 4.36. The molecule has 0 spiro atoms. The van der Waals surface area contributed by atoms with Crippen molar-refractivity contribution in [3.05, 3.63) is 0 Å². The van der Waals surface area contributed by atoms with Gasteiger partial charge in [0.15, 0.2) is 6.10 Å². The third-order valence-electron chi connectivity index (χ3n) is 1.65. The zero-order chi connectivity index (χ0) is 14.6. The van der Waals surface area contributed by atoms with Crippen molar-refractivity contribution in [1.29, 1.82) is 0 Å². The molecule has 11 heteroatoms. The number of hydrogen-bond acceptors (Lipinski definition) is 10. The second-order valence-corrected chi connectivity index (χ2v) is 3.06. The highest BCUT2D eigenvalue weighted by atomic mass is 17.2. The van der Waals surface area contributed by atoms with Crippen molar-refractivity contribution in [1.82, 2.24) is 0 Å². The molecule has 0 saturated carbocycles. The van der Waals surface area contributed by atoms with Gasteiger partial charge in [-0.15, -0.1) is 0 Å². The van der Waals surface area contributed by atoms with Crippen LogP contribution < -0.4 is 0 Å². The first-order chi connectivity index (χ1) is 8.81. The van der Waals surface area contributed by atoms with E-state index >= 15 is 0 Å². The largest absolute Gasteiger partial charge is 0.476 e. The third-order valence-corrected chi connectivity index (χ3v) is 1.65. The average molecular weight is 278 g/mol. The molecule has 1 saturated heterocycles. The van der Waals surface area contributed by atoms with E-state index in [1.54, 1.807) is 0 Å². The molecule has 0 aromatic heterocycles. The number of ether oxygens (including phenoxy) is 2. The lowest BCUT2D eigenvalue weighted by Crippen LogP contribution is -2.37. The topological polar surface area (TPSA) is 163 Å². The molecule has 1 heterocycles. The average Bonchev–Trinajstić information content (AvgIpc) is 2.34. The van der Waals surface area contributed by atoms with Gasteiger partial charge >= 0.3 is 36.1 Å². The summed E-state index contributed by atoms with van der Waals surface area (Å²) in [5.74, 6) is -8.56. The molecule has 1 aliphatic rings. The van der Waals surface area contributed by atoms with Crippen LogP contribution in [0.3, 0.4) is 0 Å². The normalized spacial score (nSPS) is 25.3. The van der Waals surface area contributed by atoms with E-state index in [2.05, 4.69) is 19.2 Å². The lowest BCUT2D eigenvalue weighted by molar-refractivity contribution is -0.260. The molecule has 2 N–H and O–H groups in total. The number of carboxylic acid groups (broad SMARTS) is 1. The predicted molar refractivity (Wildman–Crippen MR) is 46.4 cm³/mol. The van der Waals surface area contributed by atoms with Gasteiger partial charge in [-0.1, -0.05) is 0 Å². The van der Waals surface area contributed by atoms with Crippen molar-refractivity contribution in [3.63, 3.8) is 0 Å². The smallest absolute Gasteiger partial charge is 0.463 e. The summed E-state index contributed by atoms with van der Waals surface area (Å²) in [7, 11) is 0. The third kappa shape index (κ3) is 3.92. The summed E-state index contributed by atoms with van der Waals surface area (Å²) in [4.78, 5) is 61.9. The van der Waals surface area contributed by atoms with Gasteiger partial charge in [0, 0.05) is 0 Å². The summed E-state index contributed by atoms with van der Waals surface area (Å²) in [6.07, 6.45) is -5.53. The number of carboxylic acids is 1. The summed E-state index contributed by atoms with van der Waals surface area (Å²) in [6, 6.07) is 0. The van der Waals surface area contributed by atoms with Crippen LogP contribution in [0.15, 0.2) is 0 Å². The Labute approximate surface area is 103 Å². The van der Waals surface area contributed by atoms with Crippen molar-refractivity contribution < 1.29 is 53.4 Å². The molecule has 1 aliphatic heterocycles. The molecular formula is C8H6O11. The fourth-order valence-corrected chi connectivity index (χ4v) is 0.848.